The number of oxime groups is 1. The maximum atomic E-state index is 12.9. The summed E-state index contributed by atoms with van der Waals surface area (Å²) in [5.74, 6) is -0.150. The summed E-state index contributed by atoms with van der Waals surface area (Å²) in [5.41, 5.74) is 4.88. The van der Waals surface area contributed by atoms with Crippen molar-refractivity contribution in [2.45, 2.75) is 66.6 Å². The van der Waals surface area contributed by atoms with E-state index in [1.807, 2.05) is 71.9 Å². The van der Waals surface area contributed by atoms with Crippen molar-refractivity contribution >= 4 is 23.3 Å². The van der Waals surface area contributed by atoms with Gasteiger partial charge in [0.25, 0.3) is 0 Å². The molecule has 2 rings (SSSR count). The summed E-state index contributed by atoms with van der Waals surface area (Å²) in [6, 6.07) is 14.9. The Hall–Kier alpha value is -3.34. The first-order chi connectivity index (χ1) is 18.0. The molecule has 0 spiro atoms. The Balaban J connectivity index is 2.09. The lowest BCUT2D eigenvalue weighted by Crippen LogP contribution is -2.46. The second kappa shape index (κ2) is 15.2. The lowest BCUT2D eigenvalue weighted by atomic mass is 9.94. The Morgan fingerprint density at radius 2 is 1.74 bits per heavy atom. The number of hydrazine groups is 1. The number of hydrogen-bond acceptors (Lipinski definition) is 8. The van der Waals surface area contributed by atoms with E-state index in [-0.39, 0.29) is 42.3 Å². The summed E-state index contributed by atoms with van der Waals surface area (Å²) in [6.07, 6.45) is -0.509. The fraction of sp³-hybridized carbons (Fsp3) is 0.500. The number of nitrogens with one attached hydrogen (secondary N) is 3. The highest BCUT2D eigenvalue weighted by molar-refractivity contribution is 6.46. The minimum atomic E-state index is -0.492. The van der Waals surface area contributed by atoms with Crippen molar-refractivity contribution in [3.63, 3.8) is 0 Å². The third-order valence-corrected chi connectivity index (χ3v) is 5.76. The summed E-state index contributed by atoms with van der Waals surface area (Å²) in [6.45, 7) is 11.7. The van der Waals surface area contributed by atoms with Crippen LogP contribution in [0.3, 0.4) is 0 Å². The van der Waals surface area contributed by atoms with Crippen LogP contribution >= 0.6 is 0 Å². The van der Waals surface area contributed by atoms with E-state index in [2.05, 4.69) is 20.9 Å². The first-order valence-corrected chi connectivity index (χ1v) is 12.8. The van der Waals surface area contributed by atoms with Crippen molar-refractivity contribution in [1.29, 1.82) is 5.41 Å². The Kier molecular flexibility index (Phi) is 12.3. The summed E-state index contributed by atoms with van der Waals surface area (Å²) >= 11 is 0. The van der Waals surface area contributed by atoms with Gasteiger partial charge in [0.15, 0.2) is 24.4 Å². The standard InChI is InChI=1S/C28H42N6O4/c1-18(2)32-34(7)26(29)25(22-13-10-9-11-14-22)33-37-17-23-15-12-16-24(30-23)31-27(35)20(5)21(6)28(36-8)38-19(3)4/h9-16,18-21,28-29,32H,17H2,1-8H3,(H,30,31,35)/b29-26?,33-25-. The zero-order valence-corrected chi connectivity index (χ0v) is 23.7. The van der Waals surface area contributed by atoms with Gasteiger partial charge in [0.05, 0.1) is 11.8 Å². The number of benzene rings is 1. The number of hydrogen-bond donors (Lipinski definition) is 3. The lowest BCUT2D eigenvalue weighted by Gasteiger charge is -2.28. The molecule has 0 bridgehead atoms. The number of carbonyl (C=O) groups excluding carboxylic acids is 1. The average molecular weight is 527 g/mol. The molecule has 0 aliphatic carbocycles. The van der Waals surface area contributed by atoms with E-state index in [1.165, 1.54) is 0 Å². The van der Waals surface area contributed by atoms with Crippen molar-refractivity contribution in [2.24, 2.45) is 17.0 Å². The molecule has 1 aromatic carbocycles. The number of rotatable bonds is 14. The predicted molar refractivity (Wildman–Crippen MR) is 150 cm³/mol. The first kappa shape index (κ1) is 30.9. The number of pyridine rings is 1. The van der Waals surface area contributed by atoms with Crippen molar-refractivity contribution in [1.82, 2.24) is 15.4 Å². The van der Waals surface area contributed by atoms with Gasteiger partial charge in [-0.3, -0.25) is 15.2 Å². The van der Waals surface area contributed by atoms with Gasteiger partial charge in [-0.25, -0.2) is 10.4 Å². The van der Waals surface area contributed by atoms with E-state index < -0.39 is 6.29 Å². The largest absolute Gasteiger partial charge is 0.389 e. The SMILES string of the molecule is COC(OC(C)C)C(C)C(C)C(=O)Nc1cccc(CO/N=C(\C(=N)N(C)NC(C)C)c2ccccc2)n1. The van der Waals surface area contributed by atoms with E-state index in [0.717, 1.165) is 5.56 Å². The second-order valence-corrected chi connectivity index (χ2v) is 9.71. The topological polar surface area (TPSA) is 121 Å². The number of amides is 1. The van der Waals surface area contributed by atoms with Gasteiger partial charge in [-0.1, -0.05) is 55.4 Å². The number of likely N-dealkylation sites (N-methyl/N-ethyl adjacent to an activating group) is 1. The zero-order valence-electron chi connectivity index (χ0n) is 23.7. The Labute approximate surface area is 226 Å². The van der Waals surface area contributed by atoms with E-state index in [9.17, 15) is 4.79 Å². The third kappa shape index (κ3) is 9.51. The molecule has 38 heavy (non-hydrogen) atoms. The molecular weight excluding hydrogens is 484 g/mol. The van der Waals surface area contributed by atoms with Crippen LogP contribution in [0.4, 0.5) is 5.82 Å². The summed E-state index contributed by atoms with van der Waals surface area (Å²) in [5, 5.41) is 17.3. The van der Waals surface area contributed by atoms with Crippen LogP contribution in [0, 0.1) is 17.2 Å². The molecule has 208 valence electrons. The summed E-state index contributed by atoms with van der Waals surface area (Å²) < 4.78 is 11.2. The normalized spacial score (nSPS) is 14.2. The minimum absolute atomic E-state index is 0.0170. The molecule has 2 aromatic rings. The molecule has 0 saturated heterocycles. The molecule has 1 aromatic heterocycles. The Morgan fingerprint density at radius 3 is 2.34 bits per heavy atom. The van der Waals surface area contributed by atoms with Crippen LogP contribution < -0.4 is 10.7 Å². The number of aromatic nitrogens is 1. The second-order valence-electron chi connectivity index (χ2n) is 9.71. The molecule has 1 heterocycles. The number of ether oxygens (including phenoxy) is 2. The maximum absolute atomic E-state index is 12.9. The van der Waals surface area contributed by atoms with Crippen molar-refractivity contribution < 1.29 is 19.1 Å². The molecule has 3 atom stereocenters. The number of amidine groups is 1. The number of methoxy groups -OCH3 is 1. The molecule has 0 fully saturated rings. The molecule has 10 heteroatoms. The van der Waals surface area contributed by atoms with Crippen LogP contribution in [0.25, 0.3) is 0 Å². The van der Waals surface area contributed by atoms with Crippen LogP contribution in [0.5, 0.6) is 0 Å². The summed E-state index contributed by atoms with van der Waals surface area (Å²) in [4.78, 5) is 23.0. The Bertz CT molecular complexity index is 1060. The number of anilines is 1. The monoisotopic (exact) mass is 526 g/mol. The highest BCUT2D eigenvalue weighted by Gasteiger charge is 2.29. The van der Waals surface area contributed by atoms with Crippen LogP contribution in [0.2, 0.25) is 0 Å². The number of carbonyl (C=O) groups is 1. The third-order valence-electron chi connectivity index (χ3n) is 5.76. The first-order valence-electron chi connectivity index (χ1n) is 12.8. The molecule has 0 saturated carbocycles. The fourth-order valence-electron chi connectivity index (χ4n) is 3.61. The van der Waals surface area contributed by atoms with Gasteiger partial charge in [-0.05, 0) is 39.8 Å². The molecular formula is C28H42N6O4. The van der Waals surface area contributed by atoms with Crippen LogP contribution in [0.15, 0.2) is 53.7 Å². The van der Waals surface area contributed by atoms with Crippen molar-refractivity contribution in [3.05, 3.63) is 59.8 Å². The van der Waals surface area contributed by atoms with E-state index in [4.69, 9.17) is 19.7 Å². The smallest absolute Gasteiger partial charge is 0.228 e. The molecule has 0 aliphatic heterocycles. The molecule has 0 radical (unpaired) electrons. The lowest BCUT2D eigenvalue weighted by molar-refractivity contribution is -0.182. The highest BCUT2D eigenvalue weighted by Crippen LogP contribution is 2.21. The van der Waals surface area contributed by atoms with Crippen LogP contribution in [0.1, 0.15) is 52.8 Å². The van der Waals surface area contributed by atoms with Gasteiger partial charge >= 0.3 is 0 Å². The average Bonchev–Trinajstić information content (AvgIpc) is 2.88. The van der Waals surface area contributed by atoms with Gasteiger partial charge < -0.3 is 19.6 Å². The van der Waals surface area contributed by atoms with E-state index >= 15 is 0 Å². The molecule has 1 amide bonds. The van der Waals surface area contributed by atoms with Gasteiger partial charge in [0.1, 0.15) is 5.82 Å². The predicted octanol–water partition coefficient (Wildman–Crippen LogP) is 4.43. The van der Waals surface area contributed by atoms with Gasteiger partial charge in [-0.2, -0.15) is 0 Å². The maximum Gasteiger partial charge on any atom is 0.228 e. The molecule has 0 aliphatic rings. The quantitative estimate of drug-likeness (QED) is 0.144. The van der Waals surface area contributed by atoms with E-state index in [1.54, 1.807) is 37.4 Å². The highest BCUT2D eigenvalue weighted by atomic mass is 16.7. The van der Waals surface area contributed by atoms with Gasteiger partial charge in [-0.15, -0.1) is 0 Å². The van der Waals surface area contributed by atoms with Crippen molar-refractivity contribution in [2.75, 3.05) is 19.5 Å². The van der Waals surface area contributed by atoms with E-state index in [0.29, 0.717) is 17.2 Å². The van der Waals surface area contributed by atoms with Gasteiger partial charge in [0, 0.05) is 37.6 Å². The van der Waals surface area contributed by atoms with Crippen LogP contribution in [-0.4, -0.2) is 60.0 Å². The van der Waals surface area contributed by atoms with Gasteiger partial charge in [0.2, 0.25) is 5.91 Å². The molecule has 10 nitrogen and oxygen atoms in total. The summed E-state index contributed by atoms with van der Waals surface area (Å²) in [7, 11) is 3.34. The fourth-order valence-corrected chi connectivity index (χ4v) is 3.61. The minimum Gasteiger partial charge on any atom is -0.389 e. The zero-order chi connectivity index (χ0) is 28.2. The number of nitrogens with zero attached hydrogens (tertiary/aromatic N) is 3. The van der Waals surface area contributed by atoms with Crippen molar-refractivity contribution in [3.8, 4) is 0 Å². The molecule has 3 unspecified atom stereocenters. The Morgan fingerprint density at radius 1 is 1.05 bits per heavy atom. The molecule has 3 N–H and O–H groups in total. The van der Waals surface area contributed by atoms with Crippen LogP contribution in [-0.2, 0) is 25.7 Å².